The second-order valence-electron chi connectivity index (χ2n) is 15.7. The van der Waals surface area contributed by atoms with Crippen molar-refractivity contribution in [2.24, 2.45) is 0 Å². The molecule has 0 heterocycles. The van der Waals surface area contributed by atoms with E-state index in [9.17, 15) is 0 Å². The van der Waals surface area contributed by atoms with Crippen molar-refractivity contribution in [1.82, 2.24) is 0 Å². The van der Waals surface area contributed by atoms with Crippen molar-refractivity contribution in [2.45, 2.75) is 167 Å². The summed E-state index contributed by atoms with van der Waals surface area (Å²) in [4.78, 5) is 0. The smallest absolute Gasteiger partial charge is 0.0314 e. The number of anilines is 2. The van der Waals surface area contributed by atoms with Crippen molar-refractivity contribution in [2.75, 3.05) is 11.5 Å². The normalized spacial score (nSPS) is 12.6. The maximum absolute atomic E-state index is 6.04. The summed E-state index contributed by atoms with van der Waals surface area (Å²) in [6.07, 6.45) is 28.8. The van der Waals surface area contributed by atoms with Gasteiger partial charge in [-0.25, -0.2) is 0 Å². The lowest BCUT2D eigenvalue weighted by atomic mass is 9.86. The predicted molar refractivity (Wildman–Crippen MR) is 229 cm³/mol. The Morgan fingerprint density at radius 2 is 0.596 bits per heavy atom. The molecule has 0 aliphatic heterocycles. The molecule has 2 heteroatoms. The van der Waals surface area contributed by atoms with Gasteiger partial charge in [-0.1, -0.05) is 189 Å². The van der Waals surface area contributed by atoms with Crippen molar-refractivity contribution < 1.29 is 0 Å². The molecule has 0 bridgehead atoms. The Bertz CT molecular complexity index is 1340. The van der Waals surface area contributed by atoms with Crippen LogP contribution >= 0.6 is 0 Å². The second-order valence-corrected chi connectivity index (χ2v) is 15.7. The molecule has 0 saturated heterocycles. The van der Waals surface area contributed by atoms with Crippen molar-refractivity contribution in [1.29, 1.82) is 0 Å². The molecule has 52 heavy (non-hydrogen) atoms. The predicted octanol–water partition coefficient (Wildman–Crippen LogP) is 14.7. The van der Waals surface area contributed by atoms with E-state index >= 15 is 0 Å². The molecule has 2 nitrogen and oxygen atoms in total. The lowest BCUT2D eigenvalue weighted by molar-refractivity contribution is 0.558. The summed E-state index contributed by atoms with van der Waals surface area (Å²) >= 11 is 0. The average Bonchev–Trinajstić information content (AvgIpc) is 3.17. The van der Waals surface area contributed by atoms with E-state index in [1.165, 1.54) is 175 Å². The minimum Gasteiger partial charge on any atom is -0.399 e. The molecule has 0 fully saturated rings. The topological polar surface area (TPSA) is 52.0 Å². The van der Waals surface area contributed by atoms with Crippen molar-refractivity contribution in [3.63, 3.8) is 0 Å². The SMILES string of the molecule is CCCCCCCCCC(c1ccc(N)cc1)c1ccc(CCCCCCc2ccc(C(CCCCCCCCC)c3ccc(N)cc3)cc2)cc1. The third-order valence-corrected chi connectivity index (χ3v) is 11.3. The highest BCUT2D eigenvalue weighted by Crippen LogP contribution is 2.33. The van der Waals surface area contributed by atoms with Crippen molar-refractivity contribution in [3.05, 3.63) is 130 Å². The number of rotatable bonds is 27. The Hall–Kier alpha value is -3.52. The number of hydrogen-bond donors (Lipinski definition) is 2. The van der Waals surface area contributed by atoms with Gasteiger partial charge in [0.1, 0.15) is 0 Å². The summed E-state index contributed by atoms with van der Waals surface area (Å²) in [5.74, 6) is 0.904. The van der Waals surface area contributed by atoms with Crippen LogP contribution in [0.3, 0.4) is 0 Å². The van der Waals surface area contributed by atoms with E-state index in [1.807, 2.05) is 0 Å². The van der Waals surface area contributed by atoms with E-state index < -0.39 is 0 Å². The van der Waals surface area contributed by atoms with Crippen LogP contribution in [0.4, 0.5) is 11.4 Å². The van der Waals surface area contributed by atoms with E-state index in [2.05, 4.69) is 111 Å². The van der Waals surface area contributed by atoms with E-state index in [0.717, 1.165) is 11.4 Å². The first kappa shape index (κ1) is 41.2. The first-order chi connectivity index (χ1) is 25.6. The molecule has 4 aromatic rings. The molecule has 0 aromatic heterocycles. The summed E-state index contributed by atoms with van der Waals surface area (Å²) in [6.45, 7) is 4.58. The van der Waals surface area contributed by atoms with Crippen LogP contribution in [0.25, 0.3) is 0 Å². The number of unbranched alkanes of at least 4 members (excludes halogenated alkanes) is 15. The van der Waals surface area contributed by atoms with E-state index in [4.69, 9.17) is 11.5 Å². The van der Waals surface area contributed by atoms with E-state index in [-0.39, 0.29) is 0 Å². The summed E-state index contributed by atoms with van der Waals surface area (Å²) in [7, 11) is 0. The van der Waals surface area contributed by atoms with Gasteiger partial charge in [0.2, 0.25) is 0 Å². The molecule has 0 aliphatic rings. The number of nitrogen functional groups attached to an aromatic ring is 2. The molecule has 0 spiro atoms. The molecule has 0 amide bonds. The standard InChI is InChI=1S/C50H72N2/c1-3-5-7-9-11-13-19-23-49(45-33-37-47(51)38-34-45)43-29-25-41(26-30-43)21-17-15-16-18-22-42-27-31-44(32-28-42)50(46-35-39-48(52)40-36-46)24-20-14-12-10-8-6-4-2/h25-40,49-50H,3-24,51-52H2,1-2H3. The molecule has 2 atom stereocenters. The minimum absolute atomic E-state index is 0.452. The highest BCUT2D eigenvalue weighted by atomic mass is 14.5. The Morgan fingerprint density at radius 1 is 0.327 bits per heavy atom. The molecular weight excluding hydrogens is 629 g/mol. The van der Waals surface area contributed by atoms with Gasteiger partial charge in [0.25, 0.3) is 0 Å². The minimum atomic E-state index is 0.452. The Morgan fingerprint density at radius 3 is 0.923 bits per heavy atom. The first-order valence-electron chi connectivity index (χ1n) is 21.5. The van der Waals surface area contributed by atoms with Gasteiger partial charge < -0.3 is 11.5 Å². The molecular formula is C50H72N2. The fourth-order valence-electron chi connectivity index (χ4n) is 7.96. The number of aryl methyl sites for hydroxylation is 2. The van der Waals surface area contributed by atoms with Gasteiger partial charge in [-0.15, -0.1) is 0 Å². The maximum atomic E-state index is 6.04. The van der Waals surface area contributed by atoms with Gasteiger partial charge >= 0.3 is 0 Å². The Balaban J connectivity index is 1.19. The average molecular weight is 701 g/mol. The number of nitrogens with two attached hydrogens (primary N) is 2. The third kappa shape index (κ3) is 15.2. The zero-order valence-electron chi connectivity index (χ0n) is 33.1. The zero-order chi connectivity index (χ0) is 36.6. The van der Waals surface area contributed by atoms with Gasteiger partial charge in [0.15, 0.2) is 0 Å². The molecule has 2 unspecified atom stereocenters. The van der Waals surface area contributed by atoms with E-state index in [0.29, 0.717) is 11.8 Å². The summed E-state index contributed by atoms with van der Waals surface area (Å²) in [5.41, 5.74) is 22.4. The summed E-state index contributed by atoms with van der Waals surface area (Å²) in [6, 6.07) is 36.3. The molecule has 0 radical (unpaired) electrons. The molecule has 0 saturated carbocycles. The first-order valence-corrected chi connectivity index (χ1v) is 21.5. The molecule has 0 aliphatic carbocycles. The van der Waals surface area contributed by atoms with Crippen LogP contribution in [-0.4, -0.2) is 0 Å². The Kier molecular flexibility index (Phi) is 19.6. The van der Waals surface area contributed by atoms with Crippen molar-refractivity contribution >= 4 is 11.4 Å². The van der Waals surface area contributed by atoms with Gasteiger partial charge in [0.05, 0.1) is 0 Å². The van der Waals surface area contributed by atoms with Gasteiger partial charge in [0, 0.05) is 23.2 Å². The maximum Gasteiger partial charge on any atom is 0.0314 e. The fourth-order valence-corrected chi connectivity index (χ4v) is 7.96. The van der Waals surface area contributed by atoms with Crippen LogP contribution in [0.2, 0.25) is 0 Å². The molecule has 4 rings (SSSR count). The summed E-state index contributed by atoms with van der Waals surface area (Å²) < 4.78 is 0. The number of hydrogen-bond acceptors (Lipinski definition) is 2. The monoisotopic (exact) mass is 701 g/mol. The van der Waals surface area contributed by atoms with Gasteiger partial charge in [-0.3, -0.25) is 0 Å². The lowest BCUT2D eigenvalue weighted by Crippen LogP contribution is -2.02. The van der Waals surface area contributed by atoms with Crippen LogP contribution < -0.4 is 11.5 Å². The van der Waals surface area contributed by atoms with Crippen LogP contribution in [-0.2, 0) is 12.8 Å². The summed E-state index contributed by atoms with van der Waals surface area (Å²) in [5, 5.41) is 0. The zero-order valence-corrected chi connectivity index (χ0v) is 33.1. The number of benzene rings is 4. The molecule has 4 N–H and O–H groups in total. The van der Waals surface area contributed by atoms with Crippen LogP contribution in [0.5, 0.6) is 0 Å². The quantitative estimate of drug-likeness (QED) is 0.0480. The molecule has 4 aromatic carbocycles. The van der Waals surface area contributed by atoms with Crippen LogP contribution in [0, 0.1) is 0 Å². The second kappa shape index (κ2) is 24.7. The Labute approximate surface area is 319 Å². The third-order valence-electron chi connectivity index (χ3n) is 11.3. The van der Waals surface area contributed by atoms with Gasteiger partial charge in [-0.2, -0.15) is 0 Å². The highest BCUT2D eigenvalue weighted by molar-refractivity contribution is 5.44. The van der Waals surface area contributed by atoms with Crippen LogP contribution in [0.15, 0.2) is 97.1 Å². The van der Waals surface area contributed by atoms with E-state index in [1.54, 1.807) is 0 Å². The van der Waals surface area contributed by atoms with Gasteiger partial charge in [-0.05, 0) is 96.2 Å². The lowest BCUT2D eigenvalue weighted by Gasteiger charge is -2.19. The van der Waals surface area contributed by atoms with Crippen LogP contribution in [0.1, 0.15) is 187 Å². The highest BCUT2D eigenvalue weighted by Gasteiger charge is 2.16. The molecule has 282 valence electrons. The largest absolute Gasteiger partial charge is 0.399 e. The van der Waals surface area contributed by atoms with Crippen molar-refractivity contribution in [3.8, 4) is 0 Å². The fraction of sp³-hybridized carbons (Fsp3) is 0.520.